The van der Waals surface area contributed by atoms with Crippen LogP contribution in [0.4, 0.5) is 11.5 Å². The van der Waals surface area contributed by atoms with Crippen LogP contribution >= 0.6 is 0 Å². The van der Waals surface area contributed by atoms with Crippen molar-refractivity contribution in [2.45, 2.75) is 13.3 Å². The van der Waals surface area contributed by atoms with Crippen molar-refractivity contribution < 1.29 is 0 Å². The van der Waals surface area contributed by atoms with E-state index in [1.54, 1.807) is 6.33 Å². The Balaban J connectivity index is 2.38. The number of fused-ring (bicyclic) bond motifs is 1. The van der Waals surface area contributed by atoms with Crippen LogP contribution < -0.4 is 10.6 Å². The highest BCUT2D eigenvalue weighted by atomic mass is 15.2. The van der Waals surface area contributed by atoms with Crippen molar-refractivity contribution in [1.82, 2.24) is 14.9 Å². The largest absolute Gasteiger partial charge is 0.399 e. The number of aromatic nitrogens is 2. The van der Waals surface area contributed by atoms with E-state index in [0.717, 1.165) is 48.5 Å². The van der Waals surface area contributed by atoms with E-state index in [9.17, 15) is 0 Å². The third kappa shape index (κ3) is 3.36. The molecule has 5 nitrogen and oxygen atoms in total. The van der Waals surface area contributed by atoms with Crippen molar-refractivity contribution in [2.24, 2.45) is 0 Å². The fraction of sp³-hybridized carbons (Fsp3) is 0.467. The van der Waals surface area contributed by atoms with E-state index in [4.69, 9.17) is 5.73 Å². The molecule has 20 heavy (non-hydrogen) atoms. The molecule has 0 aliphatic carbocycles. The molecule has 0 bridgehead atoms. The summed E-state index contributed by atoms with van der Waals surface area (Å²) in [6.45, 7) is 5.10. The highest BCUT2D eigenvalue weighted by Crippen LogP contribution is 2.24. The van der Waals surface area contributed by atoms with E-state index in [1.165, 1.54) is 0 Å². The Labute approximate surface area is 120 Å². The minimum Gasteiger partial charge on any atom is -0.399 e. The molecule has 1 heterocycles. The van der Waals surface area contributed by atoms with Gasteiger partial charge < -0.3 is 15.5 Å². The SMILES string of the molecule is CCCN(CCN(C)C)c1ncnc2ccc(N)cc12. The van der Waals surface area contributed by atoms with Crippen molar-refractivity contribution in [2.75, 3.05) is 44.4 Å². The zero-order chi connectivity index (χ0) is 14.5. The number of hydrogen-bond donors (Lipinski definition) is 1. The molecule has 0 atom stereocenters. The lowest BCUT2D eigenvalue weighted by Gasteiger charge is -2.25. The Morgan fingerprint density at radius 2 is 1.90 bits per heavy atom. The van der Waals surface area contributed by atoms with Crippen LogP contribution in [-0.4, -0.2) is 48.6 Å². The maximum Gasteiger partial charge on any atom is 0.139 e. The Morgan fingerprint density at radius 3 is 2.60 bits per heavy atom. The van der Waals surface area contributed by atoms with Gasteiger partial charge in [0.05, 0.1) is 5.52 Å². The smallest absolute Gasteiger partial charge is 0.139 e. The summed E-state index contributed by atoms with van der Waals surface area (Å²) in [6, 6.07) is 5.79. The van der Waals surface area contributed by atoms with Gasteiger partial charge >= 0.3 is 0 Å². The van der Waals surface area contributed by atoms with Gasteiger partial charge in [-0.3, -0.25) is 0 Å². The summed E-state index contributed by atoms with van der Waals surface area (Å²) >= 11 is 0. The zero-order valence-electron chi connectivity index (χ0n) is 12.5. The van der Waals surface area contributed by atoms with Gasteiger partial charge in [-0.05, 0) is 38.7 Å². The molecule has 5 heteroatoms. The molecule has 0 aliphatic rings. The third-order valence-corrected chi connectivity index (χ3v) is 3.25. The van der Waals surface area contributed by atoms with E-state index in [1.807, 2.05) is 18.2 Å². The first-order valence-corrected chi connectivity index (χ1v) is 7.01. The second-order valence-corrected chi connectivity index (χ2v) is 5.26. The molecule has 108 valence electrons. The maximum atomic E-state index is 5.91. The minimum absolute atomic E-state index is 0.748. The second kappa shape index (κ2) is 6.52. The molecule has 2 rings (SSSR count). The predicted molar refractivity (Wildman–Crippen MR) is 85.0 cm³/mol. The monoisotopic (exact) mass is 273 g/mol. The number of benzene rings is 1. The average Bonchev–Trinajstić information content (AvgIpc) is 2.42. The van der Waals surface area contributed by atoms with Crippen LogP contribution in [0.25, 0.3) is 10.9 Å². The molecule has 0 saturated heterocycles. The first kappa shape index (κ1) is 14.5. The highest BCUT2D eigenvalue weighted by molar-refractivity contribution is 5.91. The predicted octanol–water partition coefficient (Wildman–Crippen LogP) is 1.99. The molecule has 0 spiro atoms. The topological polar surface area (TPSA) is 58.3 Å². The van der Waals surface area contributed by atoms with Gasteiger partial charge in [0.25, 0.3) is 0 Å². The lowest BCUT2D eigenvalue weighted by molar-refractivity contribution is 0.412. The molecule has 0 amide bonds. The van der Waals surface area contributed by atoms with Crippen LogP contribution in [0.5, 0.6) is 0 Å². The Kier molecular flexibility index (Phi) is 4.74. The number of rotatable bonds is 6. The molecule has 0 radical (unpaired) electrons. The summed E-state index contributed by atoms with van der Waals surface area (Å²) in [6.07, 6.45) is 2.72. The van der Waals surface area contributed by atoms with E-state index in [0.29, 0.717) is 0 Å². The summed E-state index contributed by atoms with van der Waals surface area (Å²) in [5.74, 6) is 0.978. The van der Waals surface area contributed by atoms with E-state index < -0.39 is 0 Å². The fourth-order valence-electron chi connectivity index (χ4n) is 2.23. The zero-order valence-corrected chi connectivity index (χ0v) is 12.5. The number of anilines is 2. The standard InChI is InChI=1S/C15H23N5/c1-4-7-20(9-8-19(2)3)15-13-10-12(16)5-6-14(13)17-11-18-15/h5-6,10-11H,4,7-9,16H2,1-3H3. The molecule has 0 unspecified atom stereocenters. The van der Waals surface area contributed by atoms with Gasteiger partial charge in [-0.2, -0.15) is 0 Å². The highest BCUT2D eigenvalue weighted by Gasteiger charge is 2.12. The number of nitrogens with two attached hydrogens (primary N) is 1. The molecular weight excluding hydrogens is 250 g/mol. The van der Waals surface area contributed by atoms with Gasteiger partial charge in [-0.1, -0.05) is 6.92 Å². The van der Waals surface area contributed by atoms with Gasteiger partial charge in [0.1, 0.15) is 12.1 Å². The van der Waals surface area contributed by atoms with Crippen molar-refractivity contribution in [3.63, 3.8) is 0 Å². The summed E-state index contributed by atoms with van der Waals surface area (Å²) in [7, 11) is 4.17. The maximum absolute atomic E-state index is 5.91. The van der Waals surface area contributed by atoms with Crippen LogP contribution in [0.15, 0.2) is 24.5 Å². The van der Waals surface area contributed by atoms with Crippen LogP contribution in [0.3, 0.4) is 0 Å². The molecule has 1 aromatic heterocycles. The molecular formula is C15H23N5. The summed E-state index contributed by atoms with van der Waals surface area (Å²) in [4.78, 5) is 13.3. The van der Waals surface area contributed by atoms with E-state index >= 15 is 0 Å². The van der Waals surface area contributed by atoms with Gasteiger partial charge in [0.2, 0.25) is 0 Å². The van der Waals surface area contributed by atoms with Gasteiger partial charge in [0.15, 0.2) is 0 Å². The Hall–Kier alpha value is -1.88. The van der Waals surface area contributed by atoms with Crippen molar-refractivity contribution >= 4 is 22.4 Å². The fourth-order valence-corrected chi connectivity index (χ4v) is 2.23. The number of nitrogens with zero attached hydrogens (tertiary/aromatic N) is 4. The van der Waals surface area contributed by atoms with Crippen LogP contribution in [0.1, 0.15) is 13.3 Å². The normalized spacial score (nSPS) is 11.2. The molecule has 0 saturated carbocycles. The first-order chi connectivity index (χ1) is 9.61. The number of nitrogen functional groups attached to an aromatic ring is 1. The lowest BCUT2D eigenvalue weighted by atomic mass is 10.2. The summed E-state index contributed by atoms with van der Waals surface area (Å²) < 4.78 is 0. The Bertz CT molecular complexity index is 567. The quantitative estimate of drug-likeness (QED) is 0.816. The van der Waals surface area contributed by atoms with Crippen LogP contribution in [-0.2, 0) is 0 Å². The average molecular weight is 273 g/mol. The van der Waals surface area contributed by atoms with Crippen molar-refractivity contribution in [1.29, 1.82) is 0 Å². The van der Waals surface area contributed by atoms with Gasteiger partial charge in [0, 0.05) is 30.7 Å². The molecule has 1 aromatic carbocycles. The second-order valence-electron chi connectivity index (χ2n) is 5.26. The van der Waals surface area contributed by atoms with E-state index in [-0.39, 0.29) is 0 Å². The van der Waals surface area contributed by atoms with E-state index in [2.05, 4.69) is 40.8 Å². The summed E-state index contributed by atoms with van der Waals surface area (Å²) in [5, 5.41) is 1.03. The van der Waals surface area contributed by atoms with Crippen LogP contribution in [0, 0.1) is 0 Å². The molecule has 0 aliphatic heterocycles. The molecule has 2 aromatic rings. The summed E-state index contributed by atoms with van der Waals surface area (Å²) in [5.41, 5.74) is 7.59. The van der Waals surface area contributed by atoms with Crippen molar-refractivity contribution in [3.05, 3.63) is 24.5 Å². The minimum atomic E-state index is 0.748. The number of likely N-dealkylation sites (N-methyl/N-ethyl adjacent to an activating group) is 1. The lowest BCUT2D eigenvalue weighted by Crippen LogP contribution is -2.33. The molecule has 0 fully saturated rings. The first-order valence-electron chi connectivity index (χ1n) is 7.01. The van der Waals surface area contributed by atoms with Gasteiger partial charge in [-0.25, -0.2) is 9.97 Å². The van der Waals surface area contributed by atoms with Crippen molar-refractivity contribution in [3.8, 4) is 0 Å². The third-order valence-electron chi connectivity index (χ3n) is 3.25. The van der Waals surface area contributed by atoms with Crippen LogP contribution in [0.2, 0.25) is 0 Å². The number of hydrogen-bond acceptors (Lipinski definition) is 5. The van der Waals surface area contributed by atoms with Gasteiger partial charge in [-0.15, -0.1) is 0 Å². The molecule has 2 N–H and O–H groups in total. The Morgan fingerprint density at radius 1 is 1.10 bits per heavy atom.